The fourth-order valence-corrected chi connectivity index (χ4v) is 7.67. The van der Waals surface area contributed by atoms with Crippen molar-refractivity contribution >= 4 is 35.5 Å². The van der Waals surface area contributed by atoms with Crippen LogP contribution in [0.15, 0.2) is 0 Å². The van der Waals surface area contributed by atoms with Gasteiger partial charge < -0.3 is 26.0 Å². The molecule has 216 valence electrons. The second-order valence-electron chi connectivity index (χ2n) is 12.3. The Bertz CT molecular complexity index is 837. The van der Waals surface area contributed by atoms with Gasteiger partial charge in [-0.25, -0.2) is 4.79 Å². The van der Waals surface area contributed by atoms with E-state index in [2.05, 4.69) is 10.6 Å². The van der Waals surface area contributed by atoms with Crippen LogP contribution in [0.25, 0.3) is 0 Å². The zero-order chi connectivity index (χ0) is 27.9. The maximum atomic E-state index is 14.0. The molecule has 0 spiro atoms. The minimum absolute atomic E-state index is 0.119. The monoisotopic (exact) mass is 551 g/mol. The fourth-order valence-electron chi connectivity index (χ4n) is 5.95. The molecule has 0 bridgehead atoms. The molecule has 0 aromatic heterocycles. The first-order chi connectivity index (χ1) is 18.0. The van der Waals surface area contributed by atoms with E-state index < -0.39 is 22.9 Å². The lowest BCUT2D eigenvalue weighted by molar-refractivity contribution is -0.140. The molecular formula is C28H49N5O4S. The number of alkyl carbamates (subject to hydrolysis) is 1. The highest BCUT2D eigenvalue weighted by atomic mass is 32.2. The predicted molar refractivity (Wildman–Crippen MR) is 152 cm³/mol. The molecule has 0 aromatic carbocycles. The van der Waals surface area contributed by atoms with Gasteiger partial charge in [0, 0.05) is 29.0 Å². The minimum Gasteiger partial charge on any atom is -0.449 e. The molecule has 3 fully saturated rings. The summed E-state index contributed by atoms with van der Waals surface area (Å²) in [5.41, 5.74) is 5.66. The average Bonchev–Trinajstić information content (AvgIpc) is 3.56. The second-order valence-corrected chi connectivity index (χ2v) is 14.3. The summed E-state index contributed by atoms with van der Waals surface area (Å²) in [6, 6.07) is -1.32. The normalized spacial score (nSPS) is 25.3. The number of nitrogens with two attached hydrogens (primary N) is 1. The molecule has 2 saturated carbocycles. The van der Waals surface area contributed by atoms with Crippen LogP contribution in [-0.4, -0.2) is 70.4 Å². The van der Waals surface area contributed by atoms with Crippen molar-refractivity contribution in [3.63, 3.8) is 0 Å². The van der Waals surface area contributed by atoms with Crippen LogP contribution in [-0.2, 0) is 14.3 Å². The summed E-state index contributed by atoms with van der Waals surface area (Å²) in [6.45, 7) is 9.34. The highest BCUT2D eigenvalue weighted by Gasteiger charge is 2.45. The van der Waals surface area contributed by atoms with Gasteiger partial charge in [-0.3, -0.25) is 15.0 Å². The summed E-state index contributed by atoms with van der Waals surface area (Å²) < 4.78 is 4.83. The van der Waals surface area contributed by atoms with Gasteiger partial charge in [0.15, 0.2) is 0 Å². The Morgan fingerprint density at radius 2 is 1.71 bits per heavy atom. The van der Waals surface area contributed by atoms with Crippen molar-refractivity contribution in [1.82, 2.24) is 15.5 Å². The first-order valence-electron chi connectivity index (χ1n) is 14.5. The van der Waals surface area contributed by atoms with Crippen LogP contribution in [0.1, 0.15) is 91.9 Å². The SMILES string of the molecule is CC(C)COC(=O)N[C@@H](C(=O)N1CCC[C@H]1C(=O)NCC1CCC(C(=N)N)CC1)C(C)(C)SC1CCCC1. The summed E-state index contributed by atoms with van der Waals surface area (Å²) in [5, 5.41) is 14.1. The molecular weight excluding hydrogens is 502 g/mol. The molecule has 0 radical (unpaired) electrons. The van der Waals surface area contributed by atoms with E-state index in [1.165, 1.54) is 12.8 Å². The smallest absolute Gasteiger partial charge is 0.407 e. The molecule has 0 aromatic rings. The maximum absolute atomic E-state index is 14.0. The number of hydrogen-bond donors (Lipinski definition) is 4. The van der Waals surface area contributed by atoms with Gasteiger partial charge in [-0.2, -0.15) is 0 Å². The van der Waals surface area contributed by atoms with E-state index in [1.807, 2.05) is 27.7 Å². The van der Waals surface area contributed by atoms with Crippen LogP contribution in [0.5, 0.6) is 0 Å². The maximum Gasteiger partial charge on any atom is 0.407 e. The largest absolute Gasteiger partial charge is 0.449 e. The number of hydrogen-bond acceptors (Lipinski definition) is 6. The van der Waals surface area contributed by atoms with Gasteiger partial charge in [0.1, 0.15) is 12.1 Å². The molecule has 3 rings (SSSR count). The fraction of sp³-hybridized carbons (Fsp3) is 0.857. The van der Waals surface area contributed by atoms with Gasteiger partial charge >= 0.3 is 6.09 Å². The van der Waals surface area contributed by atoms with E-state index in [1.54, 1.807) is 16.7 Å². The van der Waals surface area contributed by atoms with Crippen LogP contribution in [0.4, 0.5) is 4.79 Å². The Labute approximate surface area is 232 Å². The summed E-state index contributed by atoms with van der Waals surface area (Å²) in [7, 11) is 0. The summed E-state index contributed by atoms with van der Waals surface area (Å²) >= 11 is 1.77. The van der Waals surface area contributed by atoms with Crippen molar-refractivity contribution in [3.05, 3.63) is 0 Å². The van der Waals surface area contributed by atoms with Crippen LogP contribution in [0, 0.1) is 23.2 Å². The van der Waals surface area contributed by atoms with E-state index in [-0.39, 0.29) is 36.1 Å². The third-order valence-corrected chi connectivity index (χ3v) is 9.86. The Balaban J connectivity index is 1.64. The Kier molecular flexibility index (Phi) is 11.2. The molecule has 38 heavy (non-hydrogen) atoms. The third-order valence-electron chi connectivity index (χ3n) is 8.21. The zero-order valence-electron chi connectivity index (χ0n) is 23.7. The Morgan fingerprint density at radius 3 is 2.32 bits per heavy atom. The number of amides is 3. The number of ether oxygens (including phenoxy) is 1. The van der Waals surface area contributed by atoms with Crippen molar-refractivity contribution < 1.29 is 19.1 Å². The molecule has 3 aliphatic rings. The highest BCUT2D eigenvalue weighted by molar-refractivity contribution is 8.01. The van der Waals surface area contributed by atoms with Gasteiger partial charge in [0.25, 0.3) is 0 Å². The van der Waals surface area contributed by atoms with Crippen molar-refractivity contribution in [3.8, 4) is 0 Å². The van der Waals surface area contributed by atoms with Gasteiger partial charge in [-0.1, -0.05) is 26.7 Å². The van der Waals surface area contributed by atoms with Gasteiger partial charge in [0.2, 0.25) is 11.8 Å². The average molecular weight is 552 g/mol. The number of thioether (sulfide) groups is 1. The highest BCUT2D eigenvalue weighted by Crippen LogP contribution is 2.40. The standard InChI is InChI=1S/C28H49N5O4S/c1-18(2)17-37-27(36)32-23(28(3,4)38-21-8-5-6-9-21)26(35)33-15-7-10-22(33)25(34)31-16-19-11-13-20(14-12-19)24(29)30/h18-23H,5-17H2,1-4H3,(H3,29,30)(H,31,34)(H,32,36)/t19?,20?,22-,23-/m0/s1. The Morgan fingerprint density at radius 1 is 1.05 bits per heavy atom. The lowest BCUT2D eigenvalue weighted by atomic mass is 9.81. The lowest BCUT2D eigenvalue weighted by Crippen LogP contribution is -2.60. The number of nitrogens with one attached hydrogen (secondary N) is 3. The van der Waals surface area contributed by atoms with Crippen LogP contribution >= 0.6 is 11.8 Å². The van der Waals surface area contributed by atoms with E-state index >= 15 is 0 Å². The molecule has 2 atom stereocenters. The summed E-state index contributed by atoms with van der Waals surface area (Å²) in [6.07, 6.45) is 9.08. The first-order valence-corrected chi connectivity index (χ1v) is 15.4. The Hall–Kier alpha value is -1.97. The third kappa shape index (κ3) is 8.52. The van der Waals surface area contributed by atoms with E-state index in [9.17, 15) is 14.4 Å². The second kappa shape index (κ2) is 13.9. The van der Waals surface area contributed by atoms with Gasteiger partial charge in [0.05, 0.1) is 12.4 Å². The molecule has 3 amide bonds. The number of carbonyl (C=O) groups is 3. The predicted octanol–water partition coefficient (Wildman–Crippen LogP) is 4.04. The first kappa shape index (κ1) is 30.6. The number of likely N-dealkylation sites (tertiary alicyclic amines) is 1. The van der Waals surface area contributed by atoms with Crippen molar-refractivity contribution in [2.75, 3.05) is 19.7 Å². The van der Waals surface area contributed by atoms with E-state index in [0.29, 0.717) is 30.7 Å². The molecule has 10 heteroatoms. The van der Waals surface area contributed by atoms with Crippen LogP contribution in [0.2, 0.25) is 0 Å². The molecule has 5 N–H and O–H groups in total. The van der Waals surface area contributed by atoms with E-state index in [0.717, 1.165) is 44.9 Å². The minimum atomic E-state index is -0.789. The van der Waals surface area contributed by atoms with Crippen LogP contribution in [0.3, 0.4) is 0 Å². The molecule has 9 nitrogen and oxygen atoms in total. The number of amidine groups is 1. The van der Waals surface area contributed by atoms with E-state index in [4.69, 9.17) is 15.9 Å². The number of rotatable bonds is 11. The topological polar surface area (TPSA) is 138 Å². The van der Waals surface area contributed by atoms with Crippen LogP contribution < -0.4 is 16.4 Å². The molecule has 1 saturated heterocycles. The van der Waals surface area contributed by atoms with Gasteiger partial charge in [-0.05, 0) is 77.0 Å². The number of carbonyl (C=O) groups excluding carboxylic acids is 3. The summed E-state index contributed by atoms with van der Waals surface area (Å²) in [5.74, 6) is 0.658. The molecule has 2 aliphatic carbocycles. The van der Waals surface area contributed by atoms with Crippen molar-refractivity contribution in [2.24, 2.45) is 23.5 Å². The quantitative estimate of drug-likeness (QED) is 0.226. The van der Waals surface area contributed by atoms with Gasteiger partial charge in [-0.15, -0.1) is 11.8 Å². The number of nitrogens with zero attached hydrogens (tertiary/aromatic N) is 1. The van der Waals surface area contributed by atoms with Crippen molar-refractivity contribution in [1.29, 1.82) is 5.41 Å². The molecule has 1 aliphatic heterocycles. The van der Waals surface area contributed by atoms with Crippen molar-refractivity contribution in [2.45, 2.75) is 114 Å². The zero-order valence-corrected chi connectivity index (χ0v) is 24.5. The lowest BCUT2D eigenvalue weighted by Gasteiger charge is -2.38. The summed E-state index contributed by atoms with van der Waals surface area (Å²) in [4.78, 5) is 41.6. The molecule has 0 unspecified atom stereocenters. The molecule has 1 heterocycles.